The summed E-state index contributed by atoms with van der Waals surface area (Å²) in [5.74, 6) is 1.56. The minimum absolute atomic E-state index is 0.0627. The third kappa shape index (κ3) is 6.13. The smallest absolute Gasteiger partial charge is 0.303 e. The molecule has 2 aromatic heterocycles. The van der Waals surface area contributed by atoms with E-state index in [2.05, 4.69) is 10.1 Å². The number of oxime groups is 1. The van der Waals surface area contributed by atoms with Gasteiger partial charge >= 0.3 is 5.97 Å². The van der Waals surface area contributed by atoms with Crippen LogP contribution in [0.2, 0.25) is 0 Å². The maximum Gasteiger partial charge on any atom is 0.303 e. The molecule has 34 heavy (non-hydrogen) atoms. The van der Waals surface area contributed by atoms with Crippen molar-refractivity contribution in [1.29, 1.82) is 0 Å². The van der Waals surface area contributed by atoms with Crippen molar-refractivity contribution in [2.45, 2.75) is 33.0 Å². The van der Waals surface area contributed by atoms with Crippen molar-refractivity contribution < 1.29 is 28.3 Å². The molecule has 0 saturated heterocycles. The molecule has 0 aliphatic heterocycles. The zero-order chi connectivity index (χ0) is 23.8. The largest absolute Gasteiger partial charge is 0.487 e. The third-order valence-electron chi connectivity index (χ3n) is 5.00. The molecule has 0 amide bonds. The number of aryl methyl sites for hydroxylation is 1. The van der Waals surface area contributed by atoms with E-state index in [-0.39, 0.29) is 19.4 Å². The molecular formula is C26H24N2O6. The number of ether oxygens (including phenoxy) is 1. The summed E-state index contributed by atoms with van der Waals surface area (Å²) in [6.45, 7) is 2.38. The van der Waals surface area contributed by atoms with Crippen LogP contribution in [0, 0.1) is 6.92 Å². The van der Waals surface area contributed by atoms with E-state index in [1.807, 2.05) is 61.5 Å². The number of carbonyl (C=O) groups is 1. The van der Waals surface area contributed by atoms with Gasteiger partial charge in [0, 0.05) is 12.0 Å². The van der Waals surface area contributed by atoms with Gasteiger partial charge in [0.2, 0.25) is 5.89 Å². The van der Waals surface area contributed by atoms with E-state index >= 15 is 0 Å². The summed E-state index contributed by atoms with van der Waals surface area (Å²) < 4.78 is 16.9. The average Bonchev–Trinajstić information content (AvgIpc) is 3.51. The van der Waals surface area contributed by atoms with Crippen LogP contribution < -0.4 is 4.74 Å². The zero-order valence-electron chi connectivity index (χ0n) is 18.6. The van der Waals surface area contributed by atoms with Gasteiger partial charge in [-0.05, 0) is 48.9 Å². The fourth-order valence-corrected chi connectivity index (χ4v) is 3.17. The highest BCUT2D eigenvalue weighted by atomic mass is 16.6. The molecule has 8 nitrogen and oxygen atoms in total. The fraction of sp³-hybridized carbons (Fsp3) is 0.192. The predicted molar refractivity (Wildman–Crippen MR) is 124 cm³/mol. The van der Waals surface area contributed by atoms with Crippen LogP contribution in [0.1, 0.15) is 35.6 Å². The van der Waals surface area contributed by atoms with E-state index in [1.165, 1.54) is 6.26 Å². The van der Waals surface area contributed by atoms with Crippen molar-refractivity contribution in [1.82, 2.24) is 4.98 Å². The number of carboxylic acid groups (broad SMARTS) is 1. The monoisotopic (exact) mass is 460 g/mol. The number of oxazole rings is 1. The number of aliphatic carboxylic acids is 1. The second kappa shape index (κ2) is 11.0. The summed E-state index contributed by atoms with van der Waals surface area (Å²) >= 11 is 0. The molecule has 0 fully saturated rings. The Morgan fingerprint density at radius 3 is 2.50 bits per heavy atom. The first-order valence-corrected chi connectivity index (χ1v) is 10.8. The van der Waals surface area contributed by atoms with Crippen LogP contribution in [0.25, 0.3) is 11.5 Å². The van der Waals surface area contributed by atoms with E-state index in [9.17, 15) is 4.79 Å². The average molecular weight is 460 g/mol. The summed E-state index contributed by atoms with van der Waals surface area (Å²) in [6, 6.07) is 20.6. The Balaban J connectivity index is 1.31. The lowest BCUT2D eigenvalue weighted by atomic mass is 10.2. The lowest BCUT2D eigenvalue weighted by Gasteiger charge is -2.07. The molecule has 0 unspecified atom stereocenters. The minimum atomic E-state index is -0.910. The fourth-order valence-electron chi connectivity index (χ4n) is 3.17. The first kappa shape index (κ1) is 22.8. The number of rotatable bonds is 11. The molecule has 1 N–H and O–H groups in total. The molecule has 2 heterocycles. The Morgan fingerprint density at radius 2 is 1.79 bits per heavy atom. The Labute approximate surface area is 196 Å². The normalized spacial score (nSPS) is 11.4. The highest BCUT2D eigenvalue weighted by molar-refractivity contribution is 5.99. The molecule has 0 atom stereocenters. The van der Waals surface area contributed by atoms with E-state index in [1.54, 1.807) is 12.1 Å². The van der Waals surface area contributed by atoms with Gasteiger partial charge in [0.05, 0.1) is 12.7 Å². The highest BCUT2D eigenvalue weighted by Gasteiger charge is 2.12. The zero-order valence-corrected chi connectivity index (χ0v) is 18.6. The topological polar surface area (TPSA) is 107 Å². The van der Waals surface area contributed by atoms with Gasteiger partial charge in [-0.25, -0.2) is 4.98 Å². The van der Waals surface area contributed by atoms with Gasteiger partial charge in [-0.3, -0.25) is 4.79 Å². The molecule has 0 spiro atoms. The second-order valence-electron chi connectivity index (χ2n) is 7.50. The van der Waals surface area contributed by atoms with Crippen LogP contribution in [0.3, 0.4) is 0 Å². The van der Waals surface area contributed by atoms with Crippen molar-refractivity contribution in [3.8, 4) is 17.2 Å². The predicted octanol–water partition coefficient (Wildman–Crippen LogP) is 5.61. The van der Waals surface area contributed by atoms with Crippen LogP contribution >= 0.6 is 0 Å². The van der Waals surface area contributed by atoms with Crippen LogP contribution in [0.15, 0.2) is 87.0 Å². The van der Waals surface area contributed by atoms with Crippen LogP contribution in [0.4, 0.5) is 0 Å². The van der Waals surface area contributed by atoms with Gasteiger partial charge in [-0.1, -0.05) is 35.5 Å². The van der Waals surface area contributed by atoms with E-state index in [0.717, 1.165) is 22.6 Å². The molecule has 0 radical (unpaired) electrons. The van der Waals surface area contributed by atoms with Crippen molar-refractivity contribution in [3.05, 3.63) is 95.8 Å². The van der Waals surface area contributed by atoms with Crippen LogP contribution in [0.5, 0.6) is 5.75 Å². The van der Waals surface area contributed by atoms with Crippen molar-refractivity contribution >= 4 is 11.7 Å². The summed E-state index contributed by atoms with van der Waals surface area (Å²) in [7, 11) is 0. The number of furan rings is 1. The van der Waals surface area contributed by atoms with E-state index < -0.39 is 5.97 Å². The molecule has 174 valence electrons. The molecule has 2 aromatic carbocycles. The highest BCUT2D eigenvalue weighted by Crippen LogP contribution is 2.23. The van der Waals surface area contributed by atoms with Crippen LogP contribution in [-0.4, -0.2) is 21.8 Å². The third-order valence-corrected chi connectivity index (χ3v) is 5.00. The number of hydrogen-bond donors (Lipinski definition) is 1. The Morgan fingerprint density at radius 1 is 1.00 bits per heavy atom. The van der Waals surface area contributed by atoms with E-state index in [0.29, 0.717) is 29.7 Å². The summed E-state index contributed by atoms with van der Waals surface area (Å²) in [4.78, 5) is 20.9. The molecule has 0 aliphatic carbocycles. The molecule has 0 bridgehead atoms. The van der Waals surface area contributed by atoms with Gasteiger partial charge in [-0.15, -0.1) is 0 Å². The Kier molecular flexibility index (Phi) is 7.39. The number of carboxylic acids is 1. The number of hydrogen-bond acceptors (Lipinski definition) is 7. The summed E-state index contributed by atoms with van der Waals surface area (Å²) in [5.41, 5.74) is 3.00. The standard InChI is InChI=1S/C26H24N2O6/c1-18-23(27-26(34-18)20-6-3-2-4-7-20)17-32-21-11-9-19(10-12-21)16-33-28-22(13-14-25(29)30)24-8-5-15-31-24/h2-12,15H,13-14,16-17H2,1H3,(H,29,30). The molecule has 4 aromatic rings. The second-order valence-corrected chi connectivity index (χ2v) is 7.50. The summed E-state index contributed by atoms with van der Waals surface area (Å²) in [6.07, 6.45) is 1.66. The maximum absolute atomic E-state index is 10.9. The lowest BCUT2D eigenvalue weighted by Crippen LogP contribution is -2.05. The Hall–Kier alpha value is -4.33. The summed E-state index contributed by atoms with van der Waals surface area (Å²) in [5, 5.41) is 13.0. The van der Waals surface area contributed by atoms with Gasteiger partial charge in [-0.2, -0.15) is 0 Å². The number of nitrogens with zero attached hydrogens (tertiary/aromatic N) is 2. The molecule has 4 rings (SSSR count). The van der Waals surface area contributed by atoms with Crippen molar-refractivity contribution in [2.75, 3.05) is 0 Å². The molecule has 8 heteroatoms. The van der Waals surface area contributed by atoms with E-state index in [4.69, 9.17) is 23.5 Å². The van der Waals surface area contributed by atoms with Gasteiger partial charge < -0.3 is 23.5 Å². The molecular weight excluding hydrogens is 436 g/mol. The molecule has 0 saturated carbocycles. The van der Waals surface area contributed by atoms with Gasteiger partial charge in [0.15, 0.2) is 5.76 Å². The first-order valence-electron chi connectivity index (χ1n) is 10.8. The quantitative estimate of drug-likeness (QED) is 0.229. The Bertz CT molecular complexity index is 1230. The van der Waals surface area contributed by atoms with Crippen molar-refractivity contribution in [3.63, 3.8) is 0 Å². The lowest BCUT2D eigenvalue weighted by molar-refractivity contribution is -0.136. The van der Waals surface area contributed by atoms with Crippen LogP contribution in [-0.2, 0) is 22.8 Å². The molecule has 0 aliphatic rings. The number of benzene rings is 2. The SMILES string of the molecule is Cc1oc(-c2ccccc2)nc1COc1ccc(CON=C(CCC(=O)O)c2ccco2)cc1. The van der Waals surface area contributed by atoms with Gasteiger partial charge in [0.1, 0.15) is 36.1 Å². The van der Waals surface area contributed by atoms with Crippen molar-refractivity contribution in [2.24, 2.45) is 5.16 Å². The first-order chi connectivity index (χ1) is 16.6. The number of aromatic nitrogens is 1. The maximum atomic E-state index is 10.9. The van der Waals surface area contributed by atoms with Gasteiger partial charge in [0.25, 0.3) is 0 Å². The minimum Gasteiger partial charge on any atom is -0.487 e.